The molecule has 0 saturated heterocycles. The Kier molecular flexibility index (Phi) is 6.66. The van der Waals surface area contributed by atoms with Gasteiger partial charge in [-0.3, -0.25) is 10.0 Å². The summed E-state index contributed by atoms with van der Waals surface area (Å²) in [6.07, 6.45) is 0.748. The van der Waals surface area contributed by atoms with Crippen molar-refractivity contribution in [3.63, 3.8) is 0 Å². The largest absolute Gasteiger partial charge is 0.790 e. The maximum atomic E-state index is 10.9. The van der Waals surface area contributed by atoms with Gasteiger partial charge in [-0.1, -0.05) is 0 Å². The predicted molar refractivity (Wildman–Crippen MR) is 43.4 cm³/mol. The molecule has 0 atom stereocenters. The first-order valence-corrected chi connectivity index (χ1v) is 5.59. The van der Waals surface area contributed by atoms with Crippen LogP contribution in [0, 0.1) is 0 Å². The number of hydrogen-bond donors (Lipinski definition) is 2. The van der Waals surface area contributed by atoms with Crippen molar-refractivity contribution in [3.05, 3.63) is 0 Å². The molecule has 0 aliphatic rings. The van der Waals surface area contributed by atoms with E-state index >= 15 is 0 Å². The molecule has 9 heteroatoms. The molecule has 0 heterocycles. The Bertz CT molecular complexity index is 240. The van der Waals surface area contributed by atoms with Crippen LogP contribution in [0.3, 0.4) is 0 Å². The van der Waals surface area contributed by atoms with E-state index < -0.39 is 20.3 Å². The monoisotopic (exact) mass is 241 g/mol. The van der Waals surface area contributed by atoms with E-state index in [-0.39, 0.29) is 18.2 Å². The van der Waals surface area contributed by atoms with Crippen molar-refractivity contribution in [2.45, 2.75) is 12.8 Å². The van der Waals surface area contributed by atoms with Crippen molar-refractivity contribution in [1.82, 2.24) is 5.06 Å². The van der Waals surface area contributed by atoms with Crippen molar-refractivity contribution in [3.8, 4) is 0 Å². The first kappa shape index (κ1) is 14.5. The highest BCUT2D eigenvalue weighted by atomic mass is 31.2. The van der Waals surface area contributed by atoms with Crippen LogP contribution in [0.2, 0.25) is 0 Å². The number of carbonyl (C=O) groups is 1. The number of rotatable bonds is 7. The molecule has 1 amide bonds. The van der Waals surface area contributed by atoms with Crippen LogP contribution in [0.1, 0.15) is 12.8 Å². The number of nitrogens with zero attached hydrogens (tertiary/aromatic N) is 1. The Morgan fingerprint density at radius 1 is 1.40 bits per heavy atom. The standard InChI is InChI=1S/C6H14NO7P/c8-4-2-1-3-7(10)6(9)5-14-15(11,12)13/h8,10H,1-5H2,(H2,11,12,13)/p-2. The first-order valence-electron chi connectivity index (χ1n) is 4.13. The van der Waals surface area contributed by atoms with Crippen LogP contribution < -0.4 is 9.79 Å². The third-order valence-corrected chi connectivity index (χ3v) is 1.86. The molecule has 0 spiro atoms. The van der Waals surface area contributed by atoms with E-state index in [1.165, 1.54) is 0 Å². The molecule has 0 rings (SSSR count). The lowest BCUT2D eigenvalue weighted by Gasteiger charge is -2.28. The van der Waals surface area contributed by atoms with Gasteiger partial charge < -0.3 is 24.0 Å². The molecule has 8 nitrogen and oxygen atoms in total. The van der Waals surface area contributed by atoms with E-state index in [2.05, 4.69) is 4.52 Å². The van der Waals surface area contributed by atoms with Gasteiger partial charge in [-0.25, -0.2) is 5.06 Å². The van der Waals surface area contributed by atoms with Crippen LogP contribution in [0.4, 0.5) is 0 Å². The Morgan fingerprint density at radius 2 is 2.00 bits per heavy atom. The van der Waals surface area contributed by atoms with Gasteiger partial charge in [0.05, 0.1) is 7.82 Å². The van der Waals surface area contributed by atoms with Crippen molar-refractivity contribution >= 4 is 13.7 Å². The normalized spacial score (nSPS) is 11.5. The van der Waals surface area contributed by atoms with Gasteiger partial charge in [-0.05, 0) is 12.8 Å². The topological polar surface area (TPSA) is 133 Å². The Hall–Kier alpha value is -0.500. The lowest BCUT2D eigenvalue weighted by atomic mass is 10.3. The predicted octanol–water partition coefficient (Wildman–Crippen LogP) is -2.18. The molecular formula is C6H12NO7P-2. The highest BCUT2D eigenvalue weighted by Crippen LogP contribution is 2.23. The van der Waals surface area contributed by atoms with Crippen molar-refractivity contribution < 1.29 is 34.0 Å². The smallest absolute Gasteiger partial charge is 0.272 e. The number of phosphoric ester groups is 1. The van der Waals surface area contributed by atoms with E-state index in [0.29, 0.717) is 12.8 Å². The zero-order chi connectivity index (χ0) is 11.9. The second-order valence-electron chi connectivity index (χ2n) is 2.67. The SMILES string of the molecule is O=C(COP(=O)([O-])[O-])N(O)CCCCO. The first-order chi connectivity index (χ1) is 6.87. The molecule has 0 saturated carbocycles. The minimum atomic E-state index is -5.19. The van der Waals surface area contributed by atoms with E-state index in [4.69, 9.17) is 10.3 Å². The summed E-state index contributed by atoms with van der Waals surface area (Å²) in [6.45, 7) is -1.15. The van der Waals surface area contributed by atoms with Gasteiger partial charge in [-0.2, -0.15) is 0 Å². The Morgan fingerprint density at radius 3 is 2.47 bits per heavy atom. The number of amides is 1. The van der Waals surface area contributed by atoms with Gasteiger partial charge in [0.15, 0.2) is 0 Å². The van der Waals surface area contributed by atoms with Crippen LogP contribution in [0.15, 0.2) is 0 Å². The van der Waals surface area contributed by atoms with Gasteiger partial charge >= 0.3 is 0 Å². The van der Waals surface area contributed by atoms with Crippen LogP contribution in [-0.4, -0.2) is 41.0 Å². The minimum Gasteiger partial charge on any atom is -0.790 e. The summed E-state index contributed by atoms with van der Waals surface area (Å²) in [5.74, 6) is -1.03. The fourth-order valence-electron chi connectivity index (χ4n) is 0.707. The van der Waals surface area contributed by atoms with Crippen LogP contribution in [0.25, 0.3) is 0 Å². The summed E-state index contributed by atoms with van der Waals surface area (Å²) in [5.41, 5.74) is 0. The molecule has 0 aromatic rings. The summed E-state index contributed by atoms with van der Waals surface area (Å²) < 4.78 is 13.6. The van der Waals surface area contributed by atoms with E-state index in [1.807, 2.05) is 0 Å². The van der Waals surface area contributed by atoms with Crippen LogP contribution >= 0.6 is 7.82 Å². The molecule has 0 radical (unpaired) electrons. The fraction of sp³-hybridized carbons (Fsp3) is 0.833. The molecule has 0 bridgehead atoms. The summed E-state index contributed by atoms with van der Waals surface area (Å²) in [4.78, 5) is 30.8. The molecule has 0 fully saturated rings. The molecule has 0 unspecified atom stereocenters. The molecule has 0 aromatic carbocycles. The second-order valence-corrected chi connectivity index (χ2v) is 3.82. The average molecular weight is 241 g/mol. The zero-order valence-corrected chi connectivity index (χ0v) is 8.76. The van der Waals surface area contributed by atoms with Gasteiger partial charge in [-0.15, -0.1) is 0 Å². The fourth-order valence-corrected chi connectivity index (χ4v) is 0.975. The van der Waals surface area contributed by atoms with Crippen molar-refractivity contribution in [1.29, 1.82) is 0 Å². The second kappa shape index (κ2) is 6.89. The van der Waals surface area contributed by atoms with Crippen molar-refractivity contribution in [2.75, 3.05) is 19.8 Å². The van der Waals surface area contributed by atoms with E-state index in [0.717, 1.165) is 0 Å². The number of phosphoric acid groups is 1. The molecule has 90 valence electrons. The maximum Gasteiger partial charge on any atom is 0.272 e. The third-order valence-electron chi connectivity index (χ3n) is 1.41. The van der Waals surface area contributed by atoms with E-state index in [9.17, 15) is 19.1 Å². The number of aliphatic hydroxyl groups excluding tert-OH is 1. The summed E-state index contributed by atoms with van der Waals surface area (Å²) in [6, 6.07) is 0. The third kappa shape index (κ3) is 8.49. The summed E-state index contributed by atoms with van der Waals surface area (Å²) in [5, 5.41) is 17.6. The Labute approximate surface area is 86.3 Å². The van der Waals surface area contributed by atoms with E-state index in [1.54, 1.807) is 0 Å². The lowest BCUT2D eigenvalue weighted by Crippen LogP contribution is -2.33. The molecule has 2 N–H and O–H groups in total. The number of aliphatic hydroxyl groups is 1. The van der Waals surface area contributed by atoms with Gasteiger partial charge in [0.2, 0.25) is 0 Å². The number of hydrogen-bond acceptors (Lipinski definition) is 7. The van der Waals surface area contributed by atoms with Crippen LogP contribution in [-0.2, 0) is 13.9 Å². The molecular weight excluding hydrogens is 229 g/mol. The Balaban J connectivity index is 3.74. The lowest BCUT2D eigenvalue weighted by molar-refractivity contribution is -0.341. The van der Waals surface area contributed by atoms with Gasteiger partial charge in [0.25, 0.3) is 5.91 Å². The number of unbranched alkanes of at least 4 members (excludes halogenated alkanes) is 1. The summed E-state index contributed by atoms with van der Waals surface area (Å²) >= 11 is 0. The maximum absolute atomic E-state index is 10.9. The highest BCUT2D eigenvalue weighted by molar-refractivity contribution is 7.43. The molecule has 0 aliphatic carbocycles. The molecule has 15 heavy (non-hydrogen) atoms. The van der Waals surface area contributed by atoms with Gasteiger partial charge in [0, 0.05) is 13.2 Å². The molecule has 0 aromatic heterocycles. The summed E-state index contributed by atoms with van der Waals surface area (Å²) in [7, 11) is -5.19. The van der Waals surface area contributed by atoms with Crippen LogP contribution in [0.5, 0.6) is 0 Å². The zero-order valence-electron chi connectivity index (χ0n) is 7.87. The number of carbonyl (C=O) groups excluding carboxylic acids is 1. The van der Waals surface area contributed by atoms with Gasteiger partial charge in [0.1, 0.15) is 6.61 Å². The highest BCUT2D eigenvalue weighted by Gasteiger charge is 2.10. The number of hydroxylamine groups is 2. The van der Waals surface area contributed by atoms with Crippen molar-refractivity contribution in [2.24, 2.45) is 0 Å². The molecule has 0 aliphatic heterocycles. The minimum absolute atomic E-state index is 0.0647. The quantitative estimate of drug-likeness (QED) is 0.224. The average Bonchev–Trinajstić information content (AvgIpc) is 2.13.